The van der Waals surface area contributed by atoms with Gasteiger partial charge in [0.15, 0.2) is 0 Å². The molecule has 0 radical (unpaired) electrons. The average Bonchev–Trinajstić information content (AvgIpc) is 2.31. The minimum Gasteiger partial charge on any atom is -0.385 e. The van der Waals surface area contributed by atoms with Gasteiger partial charge in [-0.3, -0.25) is 0 Å². The quantitative estimate of drug-likeness (QED) is 0.766. The van der Waals surface area contributed by atoms with Crippen LogP contribution in [0.2, 0.25) is 0 Å². The third kappa shape index (κ3) is 4.16. The summed E-state index contributed by atoms with van der Waals surface area (Å²) in [7, 11) is 0. The number of benzene rings is 1. The Morgan fingerprint density at radius 3 is 2.88 bits per heavy atom. The van der Waals surface area contributed by atoms with E-state index in [0.717, 1.165) is 17.8 Å². The van der Waals surface area contributed by atoms with Crippen molar-refractivity contribution >= 4 is 17.4 Å². The molecule has 3 heteroatoms. The monoisotopic (exact) mass is 234 g/mol. The summed E-state index contributed by atoms with van der Waals surface area (Å²) in [6.07, 6.45) is 4.55. The van der Waals surface area contributed by atoms with Gasteiger partial charge in [0.25, 0.3) is 0 Å². The first kappa shape index (κ1) is 12.9. The maximum atomic E-state index is 8.81. The molecule has 0 atom stereocenters. The van der Waals surface area contributed by atoms with Crippen LogP contribution >= 0.6 is 11.8 Å². The molecule has 0 heterocycles. The fourth-order valence-electron chi connectivity index (χ4n) is 1.48. The fraction of sp³-hybridized carbons (Fsp3) is 0.462. The highest BCUT2D eigenvalue weighted by Crippen LogP contribution is 2.16. The molecule has 0 aliphatic rings. The van der Waals surface area contributed by atoms with E-state index in [0.29, 0.717) is 0 Å². The molecule has 1 aromatic carbocycles. The van der Waals surface area contributed by atoms with Crippen molar-refractivity contribution in [3.8, 4) is 6.07 Å². The van der Waals surface area contributed by atoms with Crippen molar-refractivity contribution < 1.29 is 0 Å². The van der Waals surface area contributed by atoms with Crippen LogP contribution in [0.4, 0.5) is 5.69 Å². The lowest BCUT2D eigenvalue weighted by molar-refractivity contribution is 0.842. The summed E-state index contributed by atoms with van der Waals surface area (Å²) >= 11 is 1.89. The first-order valence-electron chi connectivity index (χ1n) is 5.51. The molecule has 0 aliphatic heterocycles. The number of nitriles is 1. The molecule has 2 nitrogen and oxygen atoms in total. The molecule has 0 amide bonds. The molecule has 0 unspecified atom stereocenters. The van der Waals surface area contributed by atoms with E-state index in [4.69, 9.17) is 5.26 Å². The van der Waals surface area contributed by atoms with E-state index in [-0.39, 0.29) is 0 Å². The molecule has 0 saturated carbocycles. The Hall–Kier alpha value is -1.14. The van der Waals surface area contributed by atoms with Crippen molar-refractivity contribution in [2.45, 2.75) is 19.8 Å². The van der Waals surface area contributed by atoms with Crippen molar-refractivity contribution in [3.63, 3.8) is 0 Å². The average molecular weight is 234 g/mol. The van der Waals surface area contributed by atoms with E-state index >= 15 is 0 Å². The number of hydrogen-bond acceptors (Lipinski definition) is 3. The Balaban J connectivity index is 2.44. The first-order valence-corrected chi connectivity index (χ1v) is 6.91. The zero-order valence-electron chi connectivity index (χ0n) is 9.92. The summed E-state index contributed by atoms with van der Waals surface area (Å²) in [6.45, 7) is 3.04. The molecule has 0 fully saturated rings. The molecule has 0 aromatic heterocycles. The number of hydrogen-bond donors (Lipinski definition) is 1. The van der Waals surface area contributed by atoms with Crippen molar-refractivity contribution in [2.75, 3.05) is 23.9 Å². The molecule has 86 valence electrons. The topological polar surface area (TPSA) is 35.8 Å². The molecule has 1 aromatic rings. The first-order chi connectivity index (χ1) is 7.77. The van der Waals surface area contributed by atoms with E-state index < -0.39 is 0 Å². The molecule has 1 N–H and O–H groups in total. The summed E-state index contributed by atoms with van der Waals surface area (Å²) in [5.74, 6) is 1.22. The Bertz CT molecular complexity index is 369. The predicted molar refractivity (Wildman–Crippen MR) is 72.0 cm³/mol. The van der Waals surface area contributed by atoms with Gasteiger partial charge >= 0.3 is 0 Å². The highest BCUT2D eigenvalue weighted by Gasteiger charge is 1.99. The largest absolute Gasteiger partial charge is 0.385 e. The molecular weight excluding hydrogens is 216 g/mol. The van der Waals surface area contributed by atoms with Crippen LogP contribution in [0.3, 0.4) is 0 Å². The summed E-state index contributed by atoms with van der Waals surface area (Å²) in [6, 6.07) is 7.93. The lowest BCUT2D eigenvalue weighted by Gasteiger charge is -2.09. The molecule has 1 rings (SSSR count). The van der Waals surface area contributed by atoms with Crippen molar-refractivity contribution in [1.29, 1.82) is 5.26 Å². The molecule has 0 aliphatic carbocycles. The van der Waals surface area contributed by atoms with Gasteiger partial charge in [-0.1, -0.05) is 6.07 Å². The van der Waals surface area contributed by atoms with Crippen LogP contribution in [0, 0.1) is 18.3 Å². The second-order valence-corrected chi connectivity index (χ2v) is 4.75. The molecule has 0 spiro atoms. The van der Waals surface area contributed by atoms with E-state index in [1.54, 1.807) is 0 Å². The number of aryl methyl sites for hydroxylation is 1. The van der Waals surface area contributed by atoms with Crippen molar-refractivity contribution in [2.24, 2.45) is 0 Å². The highest BCUT2D eigenvalue weighted by atomic mass is 32.2. The third-order valence-electron chi connectivity index (χ3n) is 2.46. The van der Waals surface area contributed by atoms with E-state index in [2.05, 4.69) is 24.6 Å². The molecule has 16 heavy (non-hydrogen) atoms. The van der Waals surface area contributed by atoms with Gasteiger partial charge in [-0.05, 0) is 49.5 Å². The highest BCUT2D eigenvalue weighted by molar-refractivity contribution is 7.98. The Morgan fingerprint density at radius 1 is 1.38 bits per heavy atom. The van der Waals surface area contributed by atoms with Crippen molar-refractivity contribution in [1.82, 2.24) is 0 Å². The number of nitrogens with one attached hydrogen (secondary N) is 1. The number of nitrogens with zero attached hydrogens (tertiary/aromatic N) is 1. The molecular formula is C13H18N2S. The van der Waals surface area contributed by atoms with Crippen LogP contribution < -0.4 is 5.32 Å². The maximum absolute atomic E-state index is 8.81. The number of thioether (sulfide) groups is 1. The Labute approximate surface area is 102 Å². The third-order valence-corrected chi connectivity index (χ3v) is 3.15. The van der Waals surface area contributed by atoms with Crippen LogP contribution in [0.15, 0.2) is 18.2 Å². The van der Waals surface area contributed by atoms with Crippen LogP contribution in [-0.4, -0.2) is 18.6 Å². The number of rotatable bonds is 6. The number of unbranched alkanes of at least 4 members (excludes halogenated alkanes) is 1. The predicted octanol–water partition coefficient (Wildman–Crippen LogP) is 3.42. The second kappa shape index (κ2) is 7.19. The summed E-state index contributed by atoms with van der Waals surface area (Å²) in [5, 5.41) is 12.2. The van der Waals surface area contributed by atoms with Crippen LogP contribution in [0.5, 0.6) is 0 Å². The Morgan fingerprint density at radius 2 is 2.19 bits per heavy atom. The van der Waals surface area contributed by atoms with Crippen LogP contribution in [-0.2, 0) is 0 Å². The smallest absolute Gasteiger partial charge is 0.0992 e. The lowest BCUT2D eigenvalue weighted by Crippen LogP contribution is -2.03. The van der Waals surface area contributed by atoms with Crippen LogP contribution in [0.1, 0.15) is 24.0 Å². The minimum absolute atomic E-state index is 0.720. The van der Waals surface area contributed by atoms with E-state index in [1.807, 2.05) is 30.0 Å². The van der Waals surface area contributed by atoms with Gasteiger partial charge in [0, 0.05) is 12.2 Å². The van der Waals surface area contributed by atoms with Gasteiger partial charge in [0.1, 0.15) is 0 Å². The summed E-state index contributed by atoms with van der Waals surface area (Å²) < 4.78 is 0. The van der Waals surface area contributed by atoms with Crippen molar-refractivity contribution in [3.05, 3.63) is 29.3 Å². The van der Waals surface area contributed by atoms with E-state index in [9.17, 15) is 0 Å². The normalized spacial score (nSPS) is 9.81. The van der Waals surface area contributed by atoms with Gasteiger partial charge in [-0.25, -0.2) is 0 Å². The van der Waals surface area contributed by atoms with Gasteiger partial charge in [-0.15, -0.1) is 0 Å². The molecule has 0 bridgehead atoms. The molecule has 0 saturated heterocycles. The maximum Gasteiger partial charge on any atom is 0.0992 e. The van der Waals surface area contributed by atoms with Gasteiger partial charge in [-0.2, -0.15) is 17.0 Å². The van der Waals surface area contributed by atoms with Crippen LogP contribution in [0.25, 0.3) is 0 Å². The summed E-state index contributed by atoms with van der Waals surface area (Å²) in [5.41, 5.74) is 3.00. The number of anilines is 1. The zero-order valence-corrected chi connectivity index (χ0v) is 10.7. The van der Waals surface area contributed by atoms with Gasteiger partial charge in [0.2, 0.25) is 0 Å². The van der Waals surface area contributed by atoms with Gasteiger partial charge in [0.05, 0.1) is 11.6 Å². The second-order valence-electron chi connectivity index (χ2n) is 3.77. The fourth-order valence-corrected chi connectivity index (χ4v) is 1.97. The zero-order chi connectivity index (χ0) is 11.8. The standard InChI is InChI=1S/C13H18N2S/c1-11-5-6-12(10-14)9-13(11)15-7-3-4-8-16-2/h5-6,9,15H,3-4,7-8H2,1-2H3. The SMILES string of the molecule is CSCCCCNc1cc(C#N)ccc1C. The lowest BCUT2D eigenvalue weighted by atomic mass is 10.1. The van der Waals surface area contributed by atoms with E-state index in [1.165, 1.54) is 24.2 Å². The van der Waals surface area contributed by atoms with Gasteiger partial charge < -0.3 is 5.32 Å². The minimum atomic E-state index is 0.720. The summed E-state index contributed by atoms with van der Waals surface area (Å²) in [4.78, 5) is 0. The Kier molecular flexibility index (Phi) is 5.81.